The van der Waals surface area contributed by atoms with Gasteiger partial charge in [0.05, 0.1) is 28.9 Å². The van der Waals surface area contributed by atoms with E-state index in [-0.39, 0.29) is 6.10 Å². The lowest BCUT2D eigenvalue weighted by Gasteiger charge is -2.15. The first kappa shape index (κ1) is 14.2. The van der Waals surface area contributed by atoms with Crippen LogP contribution in [0.3, 0.4) is 0 Å². The summed E-state index contributed by atoms with van der Waals surface area (Å²) in [5.74, 6) is 0.701. The number of nitrogens with two attached hydrogens (primary N) is 1. The molecule has 0 spiro atoms. The van der Waals surface area contributed by atoms with Crippen LogP contribution in [0.1, 0.15) is 26.5 Å². The first-order valence-electron chi connectivity index (χ1n) is 6.86. The quantitative estimate of drug-likeness (QED) is 0.822. The smallest absolute Gasteiger partial charge is 0.144 e. The van der Waals surface area contributed by atoms with Gasteiger partial charge in [-0.2, -0.15) is 5.10 Å². The summed E-state index contributed by atoms with van der Waals surface area (Å²) in [6.45, 7) is 6.04. The van der Waals surface area contributed by atoms with Crippen LogP contribution < -0.4 is 15.8 Å². The number of hydrogen-bond acceptors (Lipinski definition) is 4. The lowest BCUT2D eigenvalue weighted by Crippen LogP contribution is -2.08. The Morgan fingerprint density at radius 1 is 1.35 bits per heavy atom. The van der Waals surface area contributed by atoms with Gasteiger partial charge in [-0.3, -0.25) is 4.68 Å². The van der Waals surface area contributed by atoms with Gasteiger partial charge in [0.1, 0.15) is 5.75 Å². The van der Waals surface area contributed by atoms with Crippen LogP contribution in [0.2, 0.25) is 0 Å². The average Bonchev–Trinajstić information content (AvgIpc) is 2.74. The molecule has 1 aromatic heterocycles. The summed E-state index contributed by atoms with van der Waals surface area (Å²) in [6, 6.07) is 5.75. The van der Waals surface area contributed by atoms with Gasteiger partial charge in [-0.1, -0.05) is 13.0 Å². The van der Waals surface area contributed by atoms with E-state index in [0.717, 1.165) is 23.5 Å². The van der Waals surface area contributed by atoms with Crippen LogP contribution in [0.25, 0.3) is 0 Å². The van der Waals surface area contributed by atoms with Gasteiger partial charge in [0.25, 0.3) is 0 Å². The van der Waals surface area contributed by atoms with Crippen molar-refractivity contribution in [3.63, 3.8) is 0 Å². The largest absolute Gasteiger partial charge is 0.489 e. The van der Waals surface area contributed by atoms with E-state index in [0.29, 0.717) is 11.4 Å². The van der Waals surface area contributed by atoms with Gasteiger partial charge in [-0.25, -0.2) is 0 Å². The van der Waals surface area contributed by atoms with Crippen molar-refractivity contribution in [2.75, 3.05) is 11.1 Å². The third kappa shape index (κ3) is 3.04. The van der Waals surface area contributed by atoms with Crippen LogP contribution in [0.5, 0.6) is 5.75 Å². The van der Waals surface area contributed by atoms with Gasteiger partial charge in [-0.05, 0) is 32.4 Å². The van der Waals surface area contributed by atoms with Crippen molar-refractivity contribution in [3.8, 4) is 5.75 Å². The van der Waals surface area contributed by atoms with E-state index in [9.17, 15) is 0 Å². The lowest BCUT2D eigenvalue weighted by atomic mass is 10.2. The van der Waals surface area contributed by atoms with E-state index in [1.54, 1.807) is 4.68 Å². The number of nitrogens with zero attached hydrogens (tertiary/aromatic N) is 2. The molecule has 0 unspecified atom stereocenters. The highest BCUT2D eigenvalue weighted by molar-refractivity contribution is 5.77. The maximum atomic E-state index is 6.16. The summed E-state index contributed by atoms with van der Waals surface area (Å²) in [4.78, 5) is 0. The Morgan fingerprint density at radius 3 is 2.75 bits per heavy atom. The molecular weight excluding hydrogens is 252 g/mol. The number of rotatable bonds is 5. The van der Waals surface area contributed by atoms with Gasteiger partial charge < -0.3 is 15.8 Å². The summed E-state index contributed by atoms with van der Waals surface area (Å²) < 4.78 is 7.50. The van der Waals surface area contributed by atoms with Crippen molar-refractivity contribution in [2.24, 2.45) is 7.05 Å². The SMILES string of the molecule is CCc1nn(C)cc1Nc1cccc(OC(C)C)c1N. The monoisotopic (exact) mass is 274 g/mol. The van der Waals surface area contributed by atoms with Crippen molar-refractivity contribution in [1.82, 2.24) is 9.78 Å². The maximum absolute atomic E-state index is 6.16. The molecule has 5 nitrogen and oxygen atoms in total. The fraction of sp³-hybridized carbons (Fsp3) is 0.400. The van der Waals surface area contributed by atoms with Gasteiger partial charge in [-0.15, -0.1) is 0 Å². The molecule has 0 radical (unpaired) electrons. The molecule has 1 aromatic carbocycles. The standard InChI is InChI=1S/C15H22N4O/c1-5-11-13(9-19(4)18-11)17-12-7-6-8-14(15(12)16)20-10(2)3/h6-10,17H,5,16H2,1-4H3. The zero-order valence-corrected chi connectivity index (χ0v) is 12.5. The predicted molar refractivity (Wildman–Crippen MR) is 82.5 cm³/mol. The second-order valence-electron chi connectivity index (χ2n) is 5.03. The molecule has 0 amide bonds. The first-order chi connectivity index (χ1) is 9.51. The van der Waals surface area contributed by atoms with Crippen molar-refractivity contribution in [3.05, 3.63) is 30.1 Å². The molecule has 5 heteroatoms. The third-order valence-electron chi connectivity index (χ3n) is 2.94. The fourth-order valence-electron chi connectivity index (χ4n) is 2.05. The molecule has 0 atom stereocenters. The number of hydrogen-bond donors (Lipinski definition) is 2. The van der Waals surface area contributed by atoms with Crippen LogP contribution >= 0.6 is 0 Å². The van der Waals surface area contributed by atoms with Gasteiger partial charge in [0.2, 0.25) is 0 Å². The molecule has 0 aliphatic rings. The summed E-state index contributed by atoms with van der Waals surface area (Å²) in [7, 11) is 1.91. The zero-order chi connectivity index (χ0) is 14.7. The zero-order valence-electron chi connectivity index (χ0n) is 12.5. The third-order valence-corrected chi connectivity index (χ3v) is 2.94. The van der Waals surface area contributed by atoms with E-state index < -0.39 is 0 Å². The highest BCUT2D eigenvalue weighted by atomic mass is 16.5. The van der Waals surface area contributed by atoms with Gasteiger partial charge in [0.15, 0.2) is 0 Å². The molecule has 2 rings (SSSR count). The number of para-hydroxylation sites is 1. The van der Waals surface area contributed by atoms with E-state index >= 15 is 0 Å². The second kappa shape index (κ2) is 5.86. The molecule has 3 N–H and O–H groups in total. The molecule has 0 saturated carbocycles. The summed E-state index contributed by atoms with van der Waals surface area (Å²) in [5.41, 5.74) is 9.61. The fourth-order valence-corrected chi connectivity index (χ4v) is 2.05. The minimum absolute atomic E-state index is 0.0946. The Hall–Kier alpha value is -2.17. The highest BCUT2D eigenvalue weighted by Gasteiger charge is 2.11. The number of ether oxygens (including phenoxy) is 1. The number of aryl methyl sites for hydroxylation is 2. The van der Waals surface area contributed by atoms with Crippen molar-refractivity contribution in [1.29, 1.82) is 0 Å². The van der Waals surface area contributed by atoms with Crippen LogP contribution in [0, 0.1) is 0 Å². The minimum atomic E-state index is 0.0946. The topological polar surface area (TPSA) is 65.1 Å². The molecule has 0 aliphatic heterocycles. The van der Waals surface area contributed by atoms with Crippen LogP contribution in [-0.4, -0.2) is 15.9 Å². The molecule has 0 bridgehead atoms. The molecule has 1 heterocycles. The van der Waals surface area contributed by atoms with Gasteiger partial charge >= 0.3 is 0 Å². The molecule has 0 saturated heterocycles. The molecule has 2 aromatic rings. The normalized spacial score (nSPS) is 10.8. The van der Waals surface area contributed by atoms with Gasteiger partial charge in [0, 0.05) is 13.2 Å². The van der Waals surface area contributed by atoms with E-state index in [2.05, 4.69) is 17.3 Å². The van der Waals surface area contributed by atoms with E-state index in [4.69, 9.17) is 10.5 Å². The number of nitrogens with one attached hydrogen (secondary N) is 1. The highest BCUT2D eigenvalue weighted by Crippen LogP contribution is 2.32. The summed E-state index contributed by atoms with van der Waals surface area (Å²) >= 11 is 0. The lowest BCUT2D eigenvalue weighted by molar-refractivity contribution is 0.244. The van der Waals surface area contributed by atoms with Crippen LogP contribution in [0.4, 0.5) is 17.1 Å². The van der Waals surface area contributed by atoms with Crippen molar-refractivity contribution in [2.45, 2.75) is 33.3 Å². The van der Waals surface area contributed by atoms with Crippen molar-refractivity contribution < 1.29 is 4.74 Å². The predicted octanol–water partition coefficient (Wildman–Crippen LogP) is 3.10. The maximum Gasteiger partial charge on any atom is 0.144 e. The Kier molecular flexibility index (Phi) is 4.17. The molecular formula is C15H22N4O. The first-order valence-corrected chi connectivity index (χ1v) is 6.86. The Bertz CT molecular complexity index is 590. The average molecular weight is 274 g/mol. The Balaban J connectivity index is 2.29. The molecule has 0 aliphatic carbocycles. The number of anilines is 3. The molecule has 20 heavy (non-hydrogen) atoms. The number of benzene rings is 1. The van der Waals surface area contributed by atoms with Crippen LogP contribution in [0.15, 0.2) is 24.4 Å². The summed E-state index contributed by atoms with van der Waals surface area (Å²) in [6.07, 6.45) is 2.91. The summed E-state index contributed by atoms with van der Waals surface area (Å²) in [5, 5.41) is 7.75. The number of nitrogen functional groups attached to an aromatic ring is 1. The van der Waals surface area contributed by atoms with Crippen LogP contribution in [-0.2, 0) is 13.5 Å². The van der Waals surface area contributed by atoms with E-state index in [1.165, 1.54) is 0 Å². The molecule has 108 valence electrons. The van der Waals surface area contributed by atoms with Crippen molar-refractivity contribution >= 4 is 17.1 Å². The van der Waals surface area contributed by atoms with E-state index in [1.807, 2.05) is 45.3 Å². The Labute approximate surface area is 119 Å². The Morgan fingerprint density at radius 2 is 2.10 bits per heavy atom. The molecule has 0 fully saturated rings. The minimum Gasteiger partial charge on any atom is -0.489 e. The second-order valence-corrected chi connectivity index (χ2v) is 5.03. The number of aromatic nitrogens is 2.